The van der Waals surface area contributed by atoms with Crippen LogP contribution >= 0.6 is 50.1 Å². The van der Waals surface area contributed by atoms with Crippen LogP contribution < -0.4 is 5.56 Å². The number of aromatic amines is 1. The molecular formula is C14H7BrClIN2O. The summed E-state index contributed by atoms with van der Waals surface area (Å²) in [6.07, 6.45) is 0. The van der Waals surface area contributed by atoms with E-state index >= 15 is 0 Å². The van der Waals surface area contributed by atoms with Crippen LogP contribution in [0.3, 0.4) is 0 Å². The first kappa shape index (κ1) is 14.0. The van der Waals surface area contributed by atoms with Crippen molar-refractivity contribution in [3.8, 4) is 11.4 Å². The van der Waals surface area contributed by atoms with Crippen LogP contribution in [0.1, 0.15) is 0 Å². The molecule has 0 atom stereocenters. The van der Waals surface area contributed by atoms with E-state index < -0.39 is 0 Å². The number of H-pyrrole nitrogens is 1. The molecule has 100 valence electrons. The smallest absolute Gasteiger partial charge is 0.259 e. The minimum atomic E-state index is -0.154. The average Bonchev–Trinajstić information content (AvgIpc) is 2.40. The molecule has 0 amide bonds. The fourth-order valence-electron chi connectivity index (χ4n) is 1.91. The molecular weight excluding hydrogens is 454 g/mol. The molecule has 1 N–H and O–H groups in total. The Balaban J connectivity index is 2.29. The summed E-state index contributed by atoms with van der Waals surface area (Å²) in [6, 6.07) is 10.9. The summed E-state index contributed by atoms with van der Waals surface area (Å²) in [5.74, 6) is 0.541. The van der Waals surface area contributed by atoms with Crippen LogP contribution in [0.5, 0.6) is 0 Å². The zero-order valence-electron chi connectivity index (χ0n) is 9.95. The van der Waals surface area contributed by atoms with Gasteiger partial charge in [-0.1, -0.05) is 27.5 Å². The number of fused-ring (bicyclic) bond motifs is 1. The quantitative estimate of drug-likeness (QED) is 0.538. The topological polar surface area (TPSA) is 45.8 Å². The van der Waals surface area contributed by atoms with Crippen LogP contribution in [0.15, 0.2) is 45.7 Å². The first-order chi connectivity index (χ1) is 9.54. The Morgan fingerprint density at radius 1 is 1.20 bits per heavy atom. The van der Waals surface area contributed by atoms with Gasteiger partial charge < -0.3 is 4.98 Å². The maximum Gasteiger partial charge on any atom is 0.259 e. The number of rotatable bonds is 1. The Morgan fingerprint density at radius 3 is 2.60 bits per heavy atom. The SMILES string of the molecule is O=c1[nH]c(-c2ccc(Cl)cc2)nc2c(I)cc(Br)cc12. The van der Waals surface area contributed by atoms with Crippen molar-refractivity contribution in [2.24, 2.45) is 0 Å². The van der Waals surface area contributed by atoms with Crippen molar-refractivity contribution in [2.45, 2.75) is 0 Å². The second-order valence-electron chi connectivity index (χ2n) is 4.21. The fraction of sp³-hybridized carbons (Fsp3) is 0. The minimum absolute atomic E-state index is 0.154. The standard InChI is InChI=1S/C14H7BrClIN2O/c15-8-5-10-12(11(17)6-8)18-13(19-14(10)20)7-1-3-9(16)4-2-7/h1-6H,(H,18,19,20). The van der Waals surface area contributed by atoms with Crippen LogP contribution in [0.25, 0.3) is 22.3 Å². The lowest BCUT2D eigenvalue weighted by atomic mass is 10.2. The minimum Gasteiger partial charge on any atom is -0.306 e. The van der Waals surface area contributed by atoms with Crippen LogP contribution in [0.4, 0.5) is 0 Å². The Bertz CT molecular complexity index is 861. The second kappa shape index (κ2) is 5.46. The second-order valence-corrected chi connectivity index (χ2v) is 6.72. The average molecular weight is 461 g/mol. The number of hydrogen-bond acceptors (Lipinski definition) is 2. The van der Waals surface area contributed by atoms with E-state index in [4.69, 9.17) is 11.6 Å². The van der Waals surface area contributed by atoms with Gasteiger partial charge in [0.1, 0.15) is 5.82 Å². The number of aromatic nitrogens is 2. The van der Waals surface area contributed by atoms with Gasteiger partial charge in [0.25, 0.3) is 5.56 Å². The van der Waals surface area contributed by atoms with Gasteiger partial charge in [0.15, 0.2) is 0 Å². The molecule has 0 saturated carbocycles. The van der Waals surface area contributed by atoms with Gasteiger partial charge in [-0.25, -0.2) is 4.98 Å². The lowest BCUT2D eigenvalue weighted by Crippen LogP contribution is -2.10. The number of nitrogens with zero attached hydrogens (tertiary/aromatic N) is 1. The van der Waals surface area contributed by atoms with Gasteiger partial charge in [0, 0.05) is 18.6 Å². The van der Waals surface area contributed by atoms with Crippen molar-refractivity contribution in [2.75, 3.05) is 0 Å². The molecule has 20 heavy (non-hydrogen) atoms. The molecule has 1 heterocycles. The summed E-state index contributed by atoms with van der Waals surface area (Å²) in [7, 11) is 0. The molecule has 2 aromatic carbocycles. The van der Waals surface area contributed by atoms with Gasteiger partial charge in [0.05, 0.1) is 10.9 Å². The third kappa shape index (κ3) is 2.62. The number of hydrogen-bond donors (Lipinski definition) is 1. The zero-order chi connectivity index (χ0) is 14.3. The fourth-order valence-corrected chi connectivity index (χ4v) is 3.67. The molecule has 0 spiro atoms. The summed E-state index contributed by atoms with van der Waals surface area (Å²) in [5, 5.41) is 1.22. The van der Waals surface area contributed by atoms with Gasteiger partial charge in [-0.3, -0.25) is 4.79 Å². The Morgan fingerprint density at radius 2 is 1.90 bits per heavy atom. The van der Waals surface area contributed by atoms with Gasteiger partial charge >= 0.3 is 0 Å². The Labute approximate surface area is 141 Å². The van der Waals surface area contributed by atoms with Gasteiger partial charge in [-0.2, -0.15) is 0 Å². The highest BCUT2D eigenvalue weighted by atomic mass is 127. The van der Waals surface area contributed by atoms with E-state index in [2.05, 4.69) is 48.5 Å². The molecule has 3 nitrogen and oxygen atoms in total. The first-order valence-electron chi connectivity index (χ1n) is 5.69. The molecule has 0 unspecified atom stereocenters. The van der Waals surface area contributed by atoms with Crippen molar-refractivity contribution in [3.05, 3.63) is 59.8 Å². The summed E-state index contributed by atoms with van der Waals surface area (Å²) >= 11 is 11.4. The highest BCUT2D eigenvalue weighted by molar-refractivity contribution is 14.1. The van der Waals surface area contributed by atoms with E-state index in [1.54, 1.807) is 18.2 Å². The van der Waals surface area contributed by atoms with Gasteiger partial charge in [0.2, 0.25) is 0 Å². The normalized spacial score (nSPS) is 10.9. The Kier molecular flexibility index (Phi) is 3.83. The predicted octanol–water partition coefficient (Wildman–Crippen LogP) is 4.61. The zero-order valence-corrected chi connectivity index (χ0v) is 14.5. The molecule has 0 aliphatic heterocycles. The maximum atomic E-state index is 12.2. The monoisotopic (exact) mass is 460 g/mol. The lowest BCUT2D eigenvalue weighted by molar-refractivity contribution is 1.17. The molecule has 1 aromatic heterocycles. The van der Waals surface area contributed by atoms with Gasteiger partial charge in [-0.05, 0) is 59.0 Å². The van der Waals surface area contributed by atoms with Gasteiger partial charge in [-0.15, -0.1) is 0 Å². The van der Waals surface area contributed by atoms with E-state index in [0.29, 0.717) is 21.7 Å². The maximum absolute atomic E-state index is 12.2. The van der Waals surface area contributed by atoms with E-state index in [0.717, 1.165) is 13.6 Å². The Hall–Kier alpha value is -0.920. The van der Waals surface area contributed by atoms with E-state index in [1.165, 1.54) is 0 Å². The van der Waals surface area contributed by atoms with Crippen molar-refractivity contribution >= 4 is 61.0 Å². The molecule has 0 aliphatic rings. The summed E-state index contributed by atoms with van der Waals surface area (Å²) < 4.78 is 1.79. The molecule has 0 fully saturated rings. The van der Waals surface area contributed by atoms with Crippen molar-refractivity contribution in [1.82, 2.24) is 9.97 Å². The van der Waals surface area contributed by atoms with E-state index in [1.807, 2.05) is 18.2 Å². The molecule has 3 rings (SSSR count). The summed E-state index contributed by atoms with van der Waals surface area (Å²) in [4.78, 5) is 19.6. The highest BCUT2D eigenvalue weighted by Crippen LogP contribution is 2.24. The number of halogens is 3. The van der Waals surface area contributed by atoms with E-state index in [-0.39, 0.29) is 5.56 Å². The lowest BCUT2D eigenvalue weighted by Gasteiger charge is -2.05. The third-order valence-electron chi connectivity index (χ3n) is 2.85. The van der Waals surface area contributed by atoms with Crippen LogP contribution in [-0.2, 0) is 0 Å². The van der Waals surface area contributed by atoms with Crippen LogP contribution in [0.2, 0.25) is 5.02 Å². The third-order valence-corrected chi connectivity index (χ3v) is 4.38. The summed E-state index contributed by atoms with van der Waals surface area (Å²) in [6.45, 7) is 0. The molecule has 0 saturated heterocycles. The van der Waals surface area contributed by atoms with Crippen LogP contribution in [0, 0.1) is 3.57 Å². The molecule has 0 aliphatic carbocycles. The van der Waals surface area contributed by atoms with E-state index in [9.17, 15) is 4.79 Å². The molecule has 0 radical (unpaired) electrons. The van der Waals surface area contributed by atoms with Crippen LogP contribution in [-0.4, -0.2) is 9.97 Å². The van der Waals surface area contributed by atoms with Crippen molar-refractivity contribution in [3.63, 3.8) is 0 Å². The highest BCUT2D eigenvalue weighted by Gasteiger charge is 2.09. The van der Waals surface area contributed by atoms with Crippen molar-refractivity contribution < 1.29 is 0 Å². The molecule has 3 aromatic rings. The predicted molar refractivity (Wildman–Crippen MR) is 93.2 cm³/mol. The van der Waals surface area contributed by atoms with Crippen molar-refractivity contribution in [1.29, 1.82) is 0 Å². The largest absolute Gasteiger partial charge is 0.306 e. The first-order valence-corrected chi connectivity index (χ1v) is 7.94. The number of benzene rings is 2. The molecule has 0 bridgehead atoms. The molecule has 6 heteroatoms. The summed E-state index contributed by atoms with van der Waals surface area (Å²) in [5.41, 5.74) is 1.37. The number of nitrogens with one attached hydrogen (secondary N) is 1.